The summed E-state index contributed by atoms with van der Waals surface area (Å²) in [6.45, 7) is 1.82. The topological polar surface area (TPSA) is 60.4 Å². The summed E-state index contributed by atoms with van der Waals surface area (Å²) in [5.41, 5.74) is -1.49. The molecule has 0 heterocycles. The van der Waals surface area contributed by atoms with Gasteiger partial charge in [0.05, 0.1) is 21.1 Å². The van der Waals surface area contributed by atoms with Crippen molar-refractivity contribution in [1.82, 2.24) is 0 Å². The molecule has 14 heavy (non-hydrogen) atoms. The molecule has 0 radical (unpaired) electrons. The highest BCUT2D eigenvalue weighted by molar-refractivity contribution is 5.66. The maximum atomic E-state index is 10.4. The lowest BCUT2D eigenvalue weighted by atomic mass is 9.99. The van der Waals surface area contributed by atoms with E-state index in [4.69, 9.17) is 0 Å². The minimum Gasteiger partial charge on any atom is -0.550 e. The van der Waals surface area contributed by atoms with Crippen LogP contribution in [-0.4, -0.2) is 48.8 Å². The van der Waals surface area contributed by atoms with Crippen LogP contribution in [0.1, 0.15) is 13.3 Å². The predicted octanol–water partition coefficient (Wildman–Crippen LogP) is -1.41. The first-order valence-corrected chi connectivity index (χ1v) is 4.35. The van der Waals surface area contributed by atoms with Gasteiger partial charge >= 0.3 is 0 Å². The van der Waals surface area contributed by atoms with Gasteiger partial charge in [-0.05, 0) is 6.92 Å². The van der Waals surface area contributed by atoms with E-state index < -0.39 is 18.0 Å². The molecule has 0 saturated heterocycles. The average Bonchev–Trinajstić information content (AvgIpc) is 1.78. The third-order valence-electron chi connectivity index (χ3n) is 1.53. The maximum absolute atomic E-state index is 10.4. The molecule has 0 rings (SSSR count). The number of carboxylic acids is 1. The zero-order valence-electron chi connectivity index (χ0n) is 9.13. The van der Waals surface area contributed by atoms with Crippen molar-refractivity contribution in [3.63, 3.8) is 0 Å². The summed E-state index contributed by atoms with van der Waals surface area (Å²) in [7, 11) is 5.58. The number of nitrogens with zero attached hydrogens (tertiary/aromatic N) is 1. The van der Waals surface area contributed by atoms with Gasteiger partial charge in [-0.2, -0.15) is 0 Å². The van der Waals surface area contributed by atoms with Crippen LogP contribution in [0.15, 0.2) is 0 Å². The third kappa shape index (κ3) is 5.57. The van der Waals surface area contributed by atoms with Crippen LogP contribution < -0.4 is 5.11 Å². The second kappa shape index (κ2) is 4.45. The van der Waals surface area contributed by atoms with Crippen LogP contribution in [0.2, 0.25) is 0 Å². The lowest BCUT2D eigenvalue weighted by Crippen LogP contribution is -2.51. The average molecular weight is 199 g/mol. The van der Waals surface area contributed by atoms with Crippen LogP contribution in [-0.2, 0) is 4.79 Å². The smallest absolute Gasteiger partial charge is 0.179 e. The minimum absolute atomic E-state index is 0.252. The van der Waals surface area contributed by atoms with Gasteiger partial charge in [0.1, 0.15) is 6.54 Å². The monoisotopic (exact) mass is 199 g/mol. The fourth-order valence-corrected chi connectivity index (χ4v) is 1.40. The first kappa shape index (κ1) is 12.9. The largest absolute Gasteiger partial charge is 0.550 e. The van der Waals surface area contributed by atoms with Gasteiger partial charge in [-0.3, -0.25) is 0 Å². The van der Waals surface area contributed by atoms with E-state index in [0.29, 0.717) is 4.48 Å². The molecule has 0 amide bonds. The molecule has 0 saturated carbocycles. The standard InChI is InChI=1S/C10H17NO3/c1-5-6-10(14,7-9(12)13)8-11(2,3)4/h14H,7-8H2,1-4H3/t10-/m1/s1. The van der Waals surface area contributed by atoms with Gasteiger partial charge < -0.3 is 19.5 Å². The summed E-state index contributed by atoms with van der Waals surface area (Å²) >= 11 is 0. The Hall–Kier alpha value is -1.05. The van der Waals surface area contributed by atoms with Gasteiger partial charge in [-0.25, -0.2) is 0 Å². The molecule has 1 N–H and O–H groups in total. The van der Waals surface area contributed by atoms with Crippen molar-refractivity contribution < 1.29 is 19.5 Å². The number of quaternary nitrogens is 1. The van der Waals surface area contributed by atoms with Gasteiger partial charge in [-0.15, -0.1) is 5.92 Å². The number of likely N-dealkylation sites (N-methyl/N-ethyl adjacent to an activating group) is 1. The number of hydrogen-bond acceptors (Lipinski definition) is 3. The van der Waals surface area contributed by atoms with Crippen molar-refractivity contribution >= 4 is 5.97 Å². The molecule has 1 atom stereocenters. The molecule has 0 unspecified atom stereocenters. The highest BCUT2D eigenvalue weighted by Gasteiger charge is 2.31. The molecule has 0 spiro atoms. The summed E-state index contributed by atoms with van der Waals surface area (Å²) in [6.07, 6.45) is -0.455. The Kier molecular flexibility index (Phi) is 4.11. The number of carbonyl (C=O) groups excluding carboxylic acids is 1. The molecular formula is C10H17NO3. The first-order valence-electron chi connectivity index (χ1n) is 4.35. The van der Waals surface area contributed by atoms with Crippen LogP contribution in [0.25, 0.3) is 0 Å². The van der Waals surface area contributed by atoms with Crippen LogP contribution in [0.4, 0.5) is 0 Å². The highest BCUT2D eigenvalue weighted by Crippen LogP contribution is 2.12. The number of aliphatic hydroxyl groups is 1. The van der Waals surface area contributed by atoms with Crippen molar-refractivity contribution in [1.29, 1.82) is 0 Å². The lowest BCUT2D eigenvalue weighted by Gasteiger charge is -2.32. The molecular weight excluding hydrogens is 182 g/mol. The van der Waals surface area contributed by atoms with E-state index in [1.54, 1.807) is 6.92 Å². The van der Waals surface area contributed by atoms with E-state index in [2.05, 4.69) is 11.8 Å². The van der Waals surface area contributed by atoms with Gasteiger partial charge in [0, 0.05) is 12.4 Å². The molecule has 0 fully saturated rings. The van der Waals surface area contributed by atoms with Crippen molar-refractivity contribution in [2.75, 3.05) is 27.7 Å². The van der Waals surface area contributed by atoms with Crippen LogP contribution >= 0.6 is 0 Å². The minimum atomic E-state index is -1.49. The molecule has 0 aromatic heterocycles. The second-order valence-corrected chi connectivity index (χ2v) is 4.40. The van der Waals surface area contributed by atoms with Crippen molar-refractivity contribution in [3.8, 4) is 11.8 Å². The highest BCUT2D eigenvalue weighted by atomic mass is 16.4. The molecule has 0 aromatic rings. The van der Waals surface area contributed by atoms with E-state index in [-0.39, 0.29) is 6.54 Å². The summed E-state index contributed by atoms with van der Waals surface area (Å²) in [5.74, 6) is 3.76. The molecule has 4 nitrogen and oxygen atoms in total. The number of aliphatic carboxylic acids is 1. The van der Waals surface area contributed by atoms with Crippen molar-refractivity contribution in [3.05, 3.63) is 0 Å². The van der Waals surface area contributed by atoms with Crippen LogP contribution in [0, 0.1) is 11.8 Å². The van der Waals surface area contributed by atoms with Gasteiger partial charge in [0.25, 0.3) is 0 Å². The Morgan fingerprint density at radius 1 is 1.50 bits per heavy atom. The maximum Gasteiger partial charge on any atom is 0.179 e. The number of rotatable bonds is 4. The fourth-order valence-electron chi connectivity index (χ4n) is 1.40. The fraction of sp³-hybridized carbons (Fsp3) is 0.700. The molecule has 0 bridgehead atoms. The zero-order valence-corrected chi connectivity index (χ0v) is 9.13. The molecule has 80 valence electrons. The summed E-state index contributed by atoms with van der Waals surface area (Å²) in [4.78, 5) is 10.4. The van der Waals surface area contributed by atoms with E-state index >= 15 is 0 Å². The SMILES string of the molecule is CC#C[C@@](O)(CC(=O)[O-])C[N+](C)(C)C. The summed E-state index contributed by atoms with van der Waals surface area (Å²) < 4.78 is 0.443. The number of hydrogen-bond donors (Lipinski definition) is 1. The van der Waals surface area contributed by atoms with Crippen molar-refractivity contribution in [2.24, 2.45) is 0 Å². The van der Waals surface area contributed by atoms with E-state index in [1.165, 1.54) is 0 Å². The van der Waals surface area contributed by atoms with E-state index in [0.717, 1.165) is 0 Å². The molecule has 0 aromatic carbocycles. The Morgan fingerprint density at radius 2 is 2.00 bits per heavy atom. The number of carboxylic acid groups (broad SMARTS) is 1. The Bertz CT molecular complexity index is 269. The first-order chi connectivity index (χ1) is 6.18. The number of carbonyl (C=O) groups is 1. The molecule has 0 aliphatic rings. The van der Waals surface area contributed by atoms with Gasteiger partial charge in [-0.1, -0.05) is 5.92 Å². The van der Waals surface area contributed by atoms with E-state index in [1.807, 2.05) is 21.1 Å². The Balaban J connectivity index is 4.70. The Morgan fingerprint density at radius 3 is 2.29 bits per heavy atom. The quantitative estimate of drug-likeness (QED) is 0.447. The lowest BCUT2D eigenvalue weighted by molar-refractivity contribution is -0.875. The summed E-state index contributed by atoms with van der Waals surface area (Å²) in [6, 6.07) is 0. The molecule has 4 heteroatoms. The molecule has 0 aliphatic heterocycles. The zero-order chi connectivity index (χ0) is 11.4. The van der Waals surface area contributed by atoms with Crippen LogP contribution in [0.5, 0.6) is 0 Å². The van der Waals surface area contributed by atoms with Crippen LogP contribution in [0.3, 0.4) is 0 Å². The van der Waals surface area contributed by atoms with Crippen molar-refractivity contribution in [2.45, 2.75) is 18.9 Å². The molecule has 0 aliphatic carbocycles. The summed E-state index contributed by atoms with van der Waals surface area (Å²) in [5, 5.41) is 20.3. The van der Waals surface area contributed by atoms with E-state index in [9.17, 15) is 15.0 Å². The third-order valence-corrected chi connectivity index (χ3v) is 1.53. The second-order valence-electron chi connectivity index (χ2n) is 4.40. The predicted molar refractivity (Wildman–Crippen MR) is 50.9 cm³/mol. The van der Waals surface area contributed by atoms with Gasteiger partial charge in [0.15, 0.2) is 5.60 Å². The van der Waals surface area contributed by atoms with Gasteiger partial charge in [0.2, 0.25) is 0 Å². The Labute approximate surface area is 84.7 Å². The normalized spacial score (nSPS) is 15.2.